The lowest BCUT2D eigenvalue weighted by Crippen LogP contribution is -2.37. The van der Waals surface area contributed by atoms with Crippen LogP contribution in [-0.2, 0) is 0 Å². The van der Waals surface area contributed by atoms with Gasteiger partial charge in [-0.3, -0.25) is 4.79 Å². The van der Waals surface area contributed by atoms with E-state index >= 15 is 0 Å². The lowest BCUT2D eigenvalue weighted by Gasteiger charge is -2.12. The van der Waals surface area contributed by atoms with Gasteiger partial charge < -0.3 is 10.6 Å². The molecule has 18 heavy (non-hydrogen) atoms. The van der Waals surface area contributed by atoms with Crippen LogP contribution in [0.4, 0.5) is 4.39 Å². The zero-order valence-electron chi connectivity index (χ0n) is 9.71. The summed E-state index contributed by atoms with van der Waals surface area (Å²) in [7, 11) is 0. The van der Waals surface area contributed by atoms with Gasteiger partial charge >= 0.3 is 0 Å². The molecule has 1 amide bonds. The van der Waals surface area contributed by atoms with E-state index in [9.17, 15) is 9.18 Å². The van der Waals surface area contributed by atoms with E-state index in [0.717, 1.165) is 19.4 Å². The summed E-state index contributed by atoms with van der Waals surface area (Å²) in [6.45, 7) is 1.50. The largest absolute Gasteiger partial charge is 0.350 e. The van der Waals surface area contributed by atoms with E-state index in [1.165, 1.54) is 12.1 Å². The Balaban J connectivity index is 0.00000162. The number of amides is 1. The summed E-state index contributed by atoms with van der Waals surface area (Å²) >= 11 is 5.62. The molecule has 1 aliphatic rings. The Morgan fingerprint density at radius 2 is 2.33 bits per heavy atom. The van der Waals surface area contributed by atoms with E-state index in [2.05, 4.69) is 10.6 Å². The van der Waals surface area contributed by atoms with Crippen molar-refractivity contribution < 1.29 is 9.18 Å². The Morgan fingerprint density at radius 1 is 1.56 bits per heavy atom. The maximum atomic E-state index is 13.5. The van der Waals surface area contributed by atoms with Gasteiger partial charge in [0.15, 0.2) is 5.82 Å². The molecule has 1 aliphatic heterocycles. The number of carbonyl (C=O) groups is 1. The van der Waals surface area contributed by atoms with E-state index in [1.54, 1.807) is 6.07 Å². The van der Waals surface area contributed by atoms with E-state index in [0.29, 0.717) is 12.6 Å². The van der Waals surface area contributed by atoms with Crippen LogP contribution in [0.1, 0.15) is 23.2 Å². The lowest BCUT2D eigenvalue weighted by atomic mass is 10.2. The fraction of sp³-hybridized carbons (Fsp3) is 0.417. The Bertz CT molecular complexity index is 423. The second kappa shape index (κ2) is 6.92. The Kier molecular flexibility index (Phi) is 5.85. The fourth-order valence-corrected chi connectivity index (χ4v) is 2.10. The first-order chi connectivity index (χ1) is 8.18. The highest BCUT2D eigenvalue weighted by Gasteiger charge is 2.17. The van der Waals surface area contributed by atoms with Crippen LogP contribution in [0, 0.1) is 5.82 Å². The van der Waals surface area contributed by atoms with Gasteiger partial charge in [-0.1, -0.05) is 17.7 Å². The molecule has 0 radical (unpaired) electrons. The third-order valence-electron chi connectivity index (χ3n) is 2.87. The average Bonchev–Trinajstić information content (AvgIpc) is 2.82. The van der Waals surface area contributed by atoms with Crippen molar-refractivity contribution in [1.82, 2.24) is 10.6 Å². The van der Waals surface area contributed by atoms with Crippen molar-refractivity contribution in [3.8, 4) is 0 Å². The van der Waals surface area contributed by atoms with Gasteiger partial charge in [0, 0.05) is 12.6 Å². The van der Waals surface area contributed by atoms with Crippen molar-refractivity contribution in [3.63, 3.8) is 0 Å². The Labute approximate surface area is 116 Å². The standard InChI is InChI=1S/C12H14ClFN2O.ClH/c13-10-5-1-4-9(11(10)14)12(17)16-7-8-3-2-6-15-8;/h1,4-5,8,15H,2-3,6-7H2,(H,16,17);1H. The highest BCUT2D eigenvalue weighted by atomic mass is 35.5. The van der Waals surface area contributed by atoms with Gasteiger partial charge in [-0.15, -0.1) is 12.4 Å². The summed E-state index contributed by atoms with van der Waals surface area (Å²) in [4.78, 5) is 11.7. The predicted octanol–water partition coefficient (Wildman–Crippen LogP) is 2.38. The molecule has 100 valence electrons. The van der Waals surface area contributed by atoms with Gasteiger partial charge in [0.2, 0.25) is 0 Å². The molecular formula is C12H15Cl2FN2O. The van der Waals surface area contributed by atoms with Crippen LogP contribution >= 0.6 is 24.0 Å². The SMILES string of the molecule is Cl.O=C(NCC1CCCN1)c1cccc(Cl)c1F. The molecule has 1 aromatic rings. The maximum Gasteiger partial charge on any atom is 0.254 e. The number of carbonyl (C=O) groups excluding carboxylic acids is 1. The van der Waals surface area contributed by atoms with Crippen LogP contribution in [0.15, 0.2) is 18.2 Å². The van der Waals surface area contributed by atoms with Crippen LogP contribution in [-0.4, -0.2) is 25.0 Å². The van der Waals surface area contributed by atoms with Crippen LogP contribution in [0.3, 0.4) is 0 Å². The van der Waals surface area contributed by atoms with E-state index in [1.807, 2.05) is 0 Å². The summed E-state index contributed by atoms with van der Waals surface area (Å²) < 4.78 is 13.5. The number of nitrogens with one attached hydrogen (secondary N) is 2. The van der Waals surface area contributed by atoms with Crippen molar-refractivity contribution in [1.29, 1.82) is 0 Å². The molecule has 0 spiro atoms. The van der Waals surface area contributed by atoms with Crippen LogP contribution in [0.25, 0.3) is 0 Å². The highest BCUT2D eigenvalue weighted by molar-refractivity contribution is 6.31. The number of hydrogen-bond donors (Lipinski definition) is 2. The molecule has 1 aromatic carbocycles. The number of rotatable bonds is 3. The first-order valence-corrected chi connectivity index (χ1v) is 6.02. The molecule has 0 bridgehead atoms. The Hall–Kier alpha value is -0.840. The highest BCUT2D eigenvalue weighted by Crippen LogP contribution is 2.17. The fourth-order valence-electron chi connectivity index (χ4n) is 1.92. The smallest absolute Gasteiger partial charge is 0.254 e. The quantitative estimate of drug-likeness (QED) is 0.898. The second-order valence-corrected chi connectivity index (χ2v) is 4.51. The van der Waals surface area contributed by atoms with E-state index in [4.69, 9.17) is 11.6 Å². The minimum Gasteiger partial charge on any atom is -0.350 e. The van der Waals surface area contributed by atoms with Crippen LogP contribution < -0.4 is 10.6 Å². The van der Waals surface area contributed by atoms with E-state index in [-0.39, 0.29) is 23.0 Å². The minimum atomic E-state index is -0.661. The van der Waals surface area contributed by atoms with Gasteiger partial charge in [0.25, 0.3) is 5.91 Å². The number of halogens is 3. The molecule has 2 rings (SSSR count). The van der Waals surface area contributed by atoms with Crippen molar-refractivity contribution in [3.05, 3.63) is 34.6 Å². The topological polar surface area (TPSA) is 41.1 Å². The Morgan fingerprint density at radius 3 is 3.00 bits per heavy atom. The summed E-state index contributed by atoms with van der Waals surface area (Å²) in [6.07, 6.45) is 2.16. The molecule has 0 aliphatic carbocycles. The molecule has 3 nitrogen and oxygen atoms in total. The maximum absolute atomic E-state index is 13.5. The third-order valence-corrected chi connectivity index (χ3v) is 3.16. The first kappa shape index (κ1) is 15.2. The van der Waals surface area contributed by atoms with Crippen molar-refractivity contribution >= 4 is 29.9 Å². The molecule has 1 fully saturated rings. The molecule has 1 unspecified atom stereocenters. The molecular weight excluding hydrogens is 278 g/mol. The second-order valence-electron chi connectivity index (χ2n) is 4.10. The summed E-state index contributed by atoms with van der Waals surface area (Å²) in [5, 5.41) is 5.93. The molecule has 6 heteroatoms. The van der Waals surface area contributed by atoms with Crippen molar-refractivity contribution in [2.24, 2.45) is 0 Å². The third kappa shape index (κ3) is 3.57. The van der Waals surface area contributed by atoms with Gasteiger partial charge in [-0.2, -0.15) is 0 Å². The zero-order chi connectivity index (χ0) is 12.3. The van der Waals surface area contributed by atoms with E-state index < -0.39 is 11.7 Å². The molecule has 2 N–H and O–H groups in total. The monoisotopic (exact) mass is 292 g/mol. The lowest BCUT2D eigenvalue weighted by molar-refractivity contribution is 0.0946. The summed E-state index contributed by atoms with van der Waals surface area (Å²) in [5.74, 6) is -1.08. The first-order valence-electron chi connectivity index (χ1n) is 5.64. The van der Waals surface area contributed by atoms with Crippen molar-refractivity contribution in [2.45, 2.75) is 18.9 Å². The number of hydrogen-bond acceptors (Lipinski definition) is 2. The van der Waals surface area contributed by atoms with Crippen LogP contribution in [0.5, 0.6) is 0 Å². The number of benzene rings is 1. The summed E-state index contributed by atoms with van der Waals surface area (Å²) in [6, 6.07) is 4.71. The molecule has 1 heterocycles. The van der Waals surface area contributed by atoms with Gasteiger partial charge in [-0.05, 0) is 31.5 Å². The molecule has 0 saturated carbocycles. The van der Waals surface area contributed by atoms with Crippen molar-refractivity contribution in [2.75, 3.05) is 13.1 Å². The van der Waals surface area contributed by atoms with Gasteiger partial charge in [0.1, 0.15) is 0 Å². The predicted molar refractivity (Wildman–Crippen MR) is 72.0 cm³/mol. The molecule has 0 aromatic heterocycles. The van der Waals surface area contributed by atoms with Gasteiger partial charge in [-0.25, -0.2) is 4.39 Å². The summed E-state index contributed by atoms with van der Waals surface area (Å²) in [5.41, 5.74) is -0.00417. The average molecular weight is 293 g/mol. The normalized spacial score (nSPS) is 18.2. The molecule has 1 saturated heterocycles. The minimum absolute atomic E-state index is 0. The van der Waals surface area contributed by atoms with Crippen LogP contribution in [0.2, 0.25) is 5.02 Å². The molecule has 1 atom stereocenters. The zero-order valence-corrected chi connectivity index (χ0v) is 11.3. The van der Waals surface area contributed by atoms with Gasteiger partial charge in [0.05, 0.1) is 10.6 Å².